The van der Waals surface area contributed by atoms with E-state index in [1.54, 1.807) is 7.11 Å². The summed E-state index contributed by atoms with van der Waals surface area (Å²) < 4.78 is 5.50. The number of nitrogens with two attached hydrogens (primary N) is 1. The van der Waals surface area contributed by atoms with Gasteiger partial charge in [-0.1, -0.05) is 19.3 Å². The number of allylic oxidation sites excluding steroid dienone is 1. The molecule has 1 aliphatic carbocycles. The van der Waals surface area contributed by atoms with Crippen LogP contribution in [-0.4, -0.2) is 18.4 Å². The zero-order valence-electron chi connectivity index (χ0n) is 15.7. The van der Waals surface area contributed by atoms with Gasteiger partial charge in [-0.2, -0.15) is 0 Å². The van der Waals surface area contributed by atoms with Crippen molar-refractivity contribution < 1.29 is 9.53 Å². The van der Waals surface area contributed by atoms with E-state index in [2.05, 4.69) is 31.3 Å². The average molecular weight is 342 g/mol. The number of nitrogens with one attached hydrogen (secondary N) is 1. The van der Waals surface area contributed by atoms with Crippen molar-refractivity contribution in [2.45, 2.75) is 64.5 Å². The molecule has 0 atom stereocenters. The molecule has 1 aromatic rings. The van der Waals surface area contributed by atoms with Gasteiger partial charge in [0, 0.05) is 40.9 Å². The highest BCUT2D eigenvalue weighted by Crippen LogP contribution is 2.35. The number of ether oxygens (including phenoxy) is 1. The van der Waals surface area contributed by atoms with E-state index in [0.717, 1.165) is 41.8 Å². The molecule has 0 unspecified atom stereocenters. The van der Waals surface area contributed by atoms with Gasteiger partial charge in [-0.05, 0) is 50.8 Å². The number of hydrogen-bond acceptors (Lipinski definition) is 4. The van der Waals surface area contributed by atoms with Gasteiger partial charge in [-0.25, -0.2) is 0 Å². The molecule has 0 amide bonds. The maximum Gasteiger partial charge on any atom is 0.160 e. The minimum absolute atomic E-state index is 0.0963. The molecule has 1 fully saturated rings. The lowest BCUT2D eigenvalue weighted by Crippen LogP contribution is -2.44. The van der Waals surface area contributed by atoms with Crippen molar-refractivity contribution in [3.8, 4) is 5.75 Å². The molecule has 0 aromatic heterocycles. The largest absolute Gasteiger partial charge is 0.496 e. The van der Waals surface area contributed by atoms with Crippen molar-refractivity contribution in [3.05, 3.63) is 34.9 Å². The van der Waals surface area contributed by atoms with Crippen molar-refractivity contribution in [2.75, 3.05) is 7.11 Å². The van der Waals surface area contributed by atoms with Crippen LogP contribution in [0.25, 0.3) is 5.70 Å². The third-order valence-electron chi connectivity index (χ3n) is 5.42. The molecular weight excluding hydrogens is 312 g/mol. The summed E-state index contributed by atoms with van der Waals surface area (Å²) in [5.74, 6) is 1.27. The first-order valence-electron chi connectivity index (χ1n) is 9.37. The van der Waals surface area contributed by atoms with E-state index >= 15 is 0 Å². The van der Waals surface area contributed by atoms with Crippen molar-refractivity contribution >= 4 is 11.5 Å². The molecule has 3 rings (SSSR count). The predicted molar refractivity (Wildman–Crippen MR) is 101 cm³/mol. The molecule has 25 heavy (non-hydrogen) atoms. The minimum atomic E-state index is -0.0963. The van der Waals surface area contributed by atoms with Crippen LogP contribution in [0.15, 0.2) is 18.2 Å². The summed E-state index contributed by atoms with van der Waals surface area (Å²) in [6.45, 7) is 4.75. The first kappa shape index (κ1) is 18.0. The second kappa shape index (κ2) is 7.20. The Balaban J connectivity index is 1.99. The summed E-state index contributed by atoms with van der Waals surface area (Å²) in [4.78, 5) is 12.8. The van der Waals surface area contributed by atoms with E-state index in [0.29, 0.717) is 6.54 Å². The Hall–Kier alpha value is -1.81. The SMILES string of the molecule is COc1cc2c(cc1CN)/C(=C/C(=O)C1CCCCC1)NC(C)(C)C2. The summed E-state index contributed by atoms with van der Waals surface area (Å²) >= 11 is 0. The fourth-order valence-electron chi connectivity index (χ4n) is 4.13. The highest BCUT2D eigenvalue weighted by Gasteiger charge is 2.30. The van der Waals surface area contributed by atoms with Crippen LogP contribution in [0.4, 0.5) is 0 Å². The van der Waals surface area contributed by atoms with Crippen LogP contribution in [0, 0.1) is 5.92 Å². The molecule has 0 radical (unpaired) electrons. The van der Waals surface area contributed by atoms with Gasteiger partial charge in [0.25, 0.3) is 0 Å². The molecular formula is C21H30N2O2. The molecule has 3 N–H and O–H groups in total. The topological polar surface area (TPSA) is 64.3 Å². The summed E-state index contributed by atoms with van der Waals surface area (Å²) in [5.41, 5.74) is 9.99. The first-order chi connectivity index (χ1) is 11.9. The number of methoxy groups -OCH3 is 1. The highest BCUT2D eigenvalue weighted by molar-refractivity contribution is 5.98. The van der Waals surface area contributed by atoms with Gasteiger partial charge in [-0.3, -0.25) is 4.79 Å². The van der Waals surface area contributed by atoms with Gasteiger partial charge >= 0.3 is 0 Å². The number of carbonyl (C=O) groups excluding carboxylic acids is 1. The molecule has 4 nitrogen and oxygen atoms in total. The fraction of sp³-hybridized carbons (Fsp3) is 0.571. The normalized spacial score (nSPS) is 21.5. The van der Waals surface area contributed by atoms with Crippen LogP contribution in [0.1, 0.15) is 62.6 Å². The van der Waals surface area contributed by atoms with Crippen molar-refractivity contribution in [2.24, 2.45) is 11.7 Å². The standard InChI is InChI=1S/C21H30N2O2/c1-21(2)12-15-10-20(25-3)16(13-22)9-17(15)18(23-21)11-19(24)14-7-5-4-6-8-14/h9-11,14,23H,4-8,12-13,22H2,1-3H3/b18-11-. The number of hydrogen-bond donors (Lipinski definition) is 2. The first-order valence-corrected chi connectivity index (χ1v) is 9.37. The maximum absolute atomic E-state index is 12.8. The monoisotopic (exact) mass is 342 g/mol. The van der Waals surface area contributed by atoms with Gasteiger partial charge in [0.1, 0.15) is 5.75 Å². The van der Waals surface area contributed by atoms with Crippen LogP contribution in [-0.2, 0) is 17.8 Å². The molecule has 136 valence electrons. The van der Waals surface area contributed by atoms with Gasteiger partial charge in [0.15, 0.2) is 5.78 Å². The Morgan fingerprint density at radius 1 is 1.32 bits per heavy atom. The molecule has 1 aliphatic heterocycles. The van der Waals surface area contributed by atoms with Crippen LogP contribution < -0.4 is 15.8 Å². The fourth-order valence-corrected chi connectivity index (χ4v) is 4.13. The summed E-state index contributed by atoms with van der Waals surface area (Å²) in [7, 11) is 1.68. The van der Waals surface area contributed by atoms with Crippen LogP contribution in [0.2, 0.25) is 0 Å². The number of carbonyl (C=O) groups is 1. The molecule has 2 aliphatic rings. The Bertz CT molecular complexity index is 685. The van der Waals surface area contributed by atoms with Crippen molar-refractivity contribution in [1.82, 2.24) is 5.32 Å². The average Bonchev–Trinajstić information content (AvgIpc) is 2.60. The quantitative estimate of drug-likeness (QED) is 0.821. The van der Waals surface area contributed by atoms with E-state index in [-0.39, 0.29) is 17.2 Å². The molecule has 4 heteroatoms. The van der Waals surface area contributed by atoms with Crippen molar-refractivity contribution in [3.63, 3.8) is 0 Å². The minimum Gasteiger partial charge on any atom is -0.496 e. The highest BCUT2D eigenvalue weighted by atomic mass is 16.5. The van der Waals surface area contributed by atoms with Gasteiger partial charge in [0.2, 0.25) is 0 Å². The summed E-state index contributed by atoms with van der Waals surface area (Å²) in [6.07, 6.45) is 8.37. The molecule has 1 saturated carbocycles. The number of fused-ring (bicyclic) bond motifs is 1. The van der Waals surface area contributed by atoms with E-state index < -0.39 is 0 Å². The Morgan fingerprint density at radius 2 is 2.04 bits per heavy atom. The van der Waals surface area contributed by atoms with E-state index in [1.165, 1.54) is 24.8 Å². The molecule has 0 spiro atoms. The molecule has 0 bridgehead atoms. The van der Waals surface area contributed by atoms with E-state index in [9.17, 15) is 4.79 Å². The Morgan fingerprint density at radius 3 is 2.68 bits per heavy atom. The van der Waals surface area contributed by atoms with E-state index in [4.69, 9.17) is 10.5 Å². The molecule has 1 aromatic carbocycles. The second-order valence-corrected chi connectivity index (χ2v) is 8.01. The summed E-state index contributed by atoms with van der Waals surface area (Å²) in [6, 6.07) is 4.16. The third-order valence-corrected chi connectivity index (χ3v) is 5.42. The molecule has 0 saturated heterocycles. The number of rotatable bonds is 4. The summed E-state index contributed by atoms with van der Waals surface area (Å²) in [5, 5.41) is 3.57. The van der Waals surface area contributed by atoms with Gasteiger partial charge in [0.05, 0.1) is 7.11 Å². The smallest absolute Gasteiger partial charge is 0.160 e. The van der Waals surface area contributed by atoms with E-state index in [1.807, 2.05) is 6.08 Å². The second-order valence-electron chi connectivity index (χ2n) is 8.01. The number of ketones is 1. The van der Waals surface area contributed by atoms with Gasteiger partial charge in [-0.15, -0.1) is 0 Å². The number of benzene rings is 1. The zero-order chi connectivity index (χ0) is 18.0. The predicted octanol–water partition coefficient (Wildman–Crippen LogP) is 3.57. The lowest BCUT2D eigenvalue weighted by Gasteiger charge is -2.36. The third kappa shape index (κ3) is 3.90. The maximum atomic E-state index is 12.8. The molecule has 1 heterocycles. The van der Waals surface area contributed by atoms with Gasteiger partial charge < -0.3 is 15.8 Å². The Kier molecular flexibility index (Phi) is 5.19. The van der Waals surface area contributed by atoms with Crippen LogP contribution >= 0.6 is 0 Å². The van der Waals surface area contributed by atoms with Crippen LogP contribution in [0.3, 0.4) is 0 Å². The van der Waals surface area contributed by atoms with Crippen molar-refractivity contribution in [1.29, 1.82) is 0 Å². The Labute approximate surface area is 150 Å². The lowest BCUT2D eigenvalue weighted by molar-refractivity contribution is -0.119. The zero-order valence-corrected chi connectivity index (χ0v) is 15.7. The lowest BCUT2D eigenvalue weighted by atomic mass is 9.82. The van der Waals surface area contributed by atoms with Crippen LogP contribution in [0.5, 0.6) is 5.75 Å².